The molecule has 1 atom stereocenters. The molecule has 6 nitrogen and oxygen atoms in total. The van der Waals surface area contributed by atoms with Gasteiger partial charge in [-0.3, -0.25) is 14.4 Å². The van der Waals surface area contributed by atoms with Crippen LogP contribution in [-0.4, -0.2) is 37.7 Å². The third-order valence-electron chi connectivity index (χ3n) is 12.6. The highest BCUT2D eigenvalue weighted by Crippen LogP contribution is 2.17. The van der Waals surface area contributed by atoms with Crippen molar-refractivity contribution in [3.63, 3.8) is 0 Å². The van der Waals surface area contributed by atoms with Gasteiger partial charge in [0, 0.05) is 12.8 Å². The van der Waals surface area contributed by atoms with Gasteiger partial charge in [0.25, 0.3) is 0 Å². The van der Waals surface area contributed by atoms with E-state index in [4.69, 9.17) is 14.2 Å². The molecule has 0 amide bonds. The molecule has 0 N–H and O–H groups in total. The van der Waals surface area contributed by atoms with E-state index in [1.165, 1.54) is 205 Å². The molecule has 62 heavy (non-hydrogen) atoms. The molecule has 0 aliphatic rings. The highest BCUT2D eigenvalue weighted by molar-refractivity contribution is 5.75. The molecule has 0 bridgehead atoms. The number of rotatable bonds is 51. The van der Waals surface area contributed by atoms with Gasteiger partial charge in [-0.15, -0.1) is 0 Å². The van der Waals surface area contributed by atoms with Gasteiger partial charge in [0.1, 0.15) is 6.61 Å². The number of carbonyl (C=O) groups is 3. The van der Waals surface area contributed by atoms with Crippen molar-refractivity contribution >= 4 is 17.9 Å². The standard InChI is InChI=1S/C56H106O6/c1-4-7-10-13-16-19-22-25-28-29-32-35-38-41-44-47-54(57)62-52-53(56(59)61-51-46-43-40-37-34-31-27-24-21-18-15-12-9-6-3)48-49-55(58)60-50-45-42-39-36-33-30-26-23-20-17-14-11-8-5-2/h25,28,53H,4-24,26-27,29-52H2,1-3H3/b28-25-. The Bertz CT molecular complexity index is 962. The SMILES string of the molecule is CCCCCCCC/C=C\CCCCCCCC(=O)OCC(CCC(=O)OCCCCCCCCCCCCCCCC)C(=O)OCCCCCCCCCCCCCCCC. The summed E-state index contributed by atoms with van der Waals surface area (Å²) in [6.45, 7) is 7.58. The van der Waals surface area contributed by atoms with Gasteiger partial charge in [0.05, 0.1) is 19.1 Å². The van der Waals surface area contributed by atoms with Crippen LogP contribution in [0.25, 0.3) is 0 Å². The predicted molar refractivity (Wildman–Crippen MR) is 266 cm³/mol. The lowest BCUT2D eigenvalue weighted by Gasteiger charge is -2.16. The molecule has 6 heteroatoms. The Kier molecular flexibility index (Phi) is 50.2. The van der Waals surface area contributed by atoms with Crippen molar-refractivity contribution in [1.82, 2.24) is 0 Å². The number of unbranched alkanes of at least 4 members (excludes halogenated alkanes) is 37. The summed E-state index contributed by atoms with van der Waals surface area (Å²) in [5.74, 6) is -1.57. The van der Waals surface area contributed by atoms with Gasteiger partial charge in [-0.05, 0) is 51.4 Å². The first-order valence-electron chi connectivity index (χ1n) is 27.7. The highest BCUT2D eigenvalue weighted by Gasteiger charge is 2.24. The highest BCUT2D eigenvalue weighted by atomic mass is 16.6. The fraction of sp³-hybridized carbons (Fsp3) is 0.911. The molecule has 1 unspecified atom stereocenters. The quantitative estimate of drug-likeness (QED) is 0.0262. The van der Waals surface area contributed by atoms with Gasteiger partial charge in [0.15, 0.2) is 0 Å². The Labute approximate surface area is 386 Å². The maximum Gasteiger partial charge on any atom is 0.312 e. The van der Waals surface area contributed by atoms with Crippen molar-refractivity contribution in [3.8, 4) is 0 Å². The molecule has 0 aromatic heterocycles. The summed E-state index contributed by atoms with van der Waals surface area (Å²) in [7, 11) is 0. The molecule has 0 rings (SSSR count). The van der Waals surface area contributed by atoms with Gasteiger partial charge in [-0.25, -0.2) is 0 Å². The van der Waals surface area contributed by atoms with Crippen molar-refractivity contribution in [2.24, 2.45) is 5.92 Å². The van der Waals surface area contributed by atoms with Crippen molar-refractivity contribution in [2.75, 3.05) is 19.8 Å². The zero-order valence-corrected chi connectivity index (χ0v) is 41.9. The summed E-state index contributed by atoms with van der Waals surface area (Å²) in [5.41, 5.74) is 0. The largest absolute Gasteiger partial charge is 0.466 e. The van der Waals surface area contributed by atoms with E-state index in [0.29, 0.717) is 19.6 Å². The Morgan fingerprint density at radius 2 is 0.645 bits per heavy atom. The Hall–Kier alpha value is -1.85. The number of ether oxygens (including phenoxy) is 3. The lowest BCUT2D eigenvalue weighted by molar-refractivity contribution is -0.156. The first-order chi connectivity index (χ1) is 30.5. The molecular formula is C56H106O6. The van der Waals surface area contributed by atoms with Crippen LogP contribution in [0, 0.1) is 5.92 Å². The zero-order valence-electron chi connectivity index (χ0n) is 41.9. The molecule has 0 saturated carbocycles. The molecule has 0 aromatic rings. The summed E-state index contributed by atoms with van der Waals surface area (Å²) >= 11 is 0. The average molecular weight is 875 g/mol. The minimum Gasteiger partial charge on any atom is -0.466 e. The minimum atomic E-state index is -0.645. The van der Waals surface area contributed by atoms with Crippen LogP contribution in [0.4, 0.5) is 0 Å². The van der Waals surface area contributed by atoms with Gasteiger partial charge in [-0.2, -0.15) is 0 Å². The second-order valence-corrected chi connectivity index (χ2v) is 18.8. The van der Waals surface area contributed by atoms with Gasteiger partial charge < -0.3 is 14.2 Å². The summed E-state index contributed by atoms with van der Waals surface area (Å²) < 4.78 is 16.8. The number of hydrogen-bond donors (Lipinski definition) is 0. The summed E-state index contributed by atoms with van der Waals surface area (Å²) in [5, 5.41) is 0. The summed E-state index contributed by atoms with van der Waals surface area (Å²) in [4.78, 5) is 38.4. The maximum atomic E-state index is 13.1. The number of hydrogen-bond acceptors (Lipinski definition) is 6. The van der Waals surface area contributed by atoms with Crippen LogP contribution in [0.5, 0.6) is 0 Å². The first-order valence-corrected chi connectivity index (χ1v) is 27.7. The molecule has 0 aliphatic carbocycles. The second kappa shape index (κ2) is 51.8. The van der Waals surface area contributed by atoms with Gasteiger partial charge in [0.2, 0.25) is 0 Å². The number of carbonyl (C=O) groups excluding carboxylic acids is 3. The minimum absolute atomic E-state index is 0.0340. The van der Waals surface area contributed by atoms with Crippen LogP contribution in [0.15, 0.2) is 12.2 Å². The smallest absolute Gasteiger partial charge is 0.312 e. The monoisotopic (exact) mass is 875 g/mol. The van der Waals surface area contributed by atoms with E-state index in [-0.39, 0.29) is 37.4 Å². The summed E-state index contributed by atoms with van der Waals surface area (Å²) in [6.07, 6.45) is 57.1. The van der Waals surface area contributed by atoms with E-state index in [1.54, 1.807) is 0 Å². The average Bonchev–Trinajstić information content (AvgIpc) is 3.27. The normalized spacial score (nSPS) is 12.0. The van der Waals surface area contributed by atoms with E-state index >= 15 is 0 Å². The lowest BCUT2D eigenvalue weighted by Crippen LogP contribution is -2.26. The Balaban J connectivity index is 4.33. The molecule has 0 aromatic carbocycles. The fourth-order valence-electron chi connectivity index (χ4n) is 8.31. The number of allylic oxidation sites excluding steroid dienone is 2. The first kappa shape index (κ1) is 60.2. The van der Waals surface area contributed by atoms with Crippen LogP contribution in [0.3, 0.4) is 0 Å². The fourth-order valence-corrected chi connectivity index (χ4v) is 8.31. The van der Waals surface area contributed by atoms with Crippen molar-refractivity contribution in [3.05, 3.63) is 12.2 Å². The number of esters is 3. The zero-order chi connectivity index (χ0) is 45.1. The topological polar surface area (TPSA) is 78.9 Å². The third-order valence-corrected chi connectivity index (χ3v) is 12.6. The Morgan fingerprint density at radius 3 is 1.03 bits per heavy atom. The van der Waals surface area contributed by atoms with Gasteiger partial charge >= 0.3 is 17.9 Å². The molecule has 0 fully saturated rings. The third kappa shape index (κ3) is 47.6. The molecule has 366 valence electrons. The van der Waals surface area contributed by atoms with E-state index in [9.17, 15) is 14.4 Å². The van der Waals surface area contributed by atoms with Crippen molar-refractivity contribution in [2.45, 2.75) is 303 Å². The molecule has 0 heterocycles. The molecule has 0 spiro atoms. The van der Waals surface area contributed by atoms with Gasteiger partial charge in [-0.1, -0.05) is 251 Å². The van der Waals surface area contributed by atoms with E-state index in [1.807, 2.05) is 0 Å². The molecule has 0 aliphatic heterocycles. The van der Waals surface area contributed by atoms with Crippen molar-refractivity contribution in [1.29, 1.82) is 0 Å². The van der Waals surface area contributed by atoms with Crippen LogP contribution in [0.1, 0.15) is 303 Å². The molecule has 0 saturated heterocycles. The second-order valence-electron chi connectivity index (χ2n) is 18.8. The molecular weight excluding hydrogens is 769 g/mol. The van der Waals surface area contributed by atoms with E-state index < -0.39 is 5.92 Å². The van der Waals surface area contributed by atoms with E-state index in [2.05, 4.69) is 32.9 Å². The van der Waals surface area contributed by atoms with Crippen LogP contribution in [-0.2, 0) is 28.6 Å². The summed E-state index contributed by atoms with van der Waals surface area (Å²) in [6, 6.07) is 0. The molecule has 0 radical (unpaired) electrons. The van der Waals surface area contributed by atoms with Crippen LogP contribution >= 0.6 is 0 Å². The predicted octanol–water partition coefficient (Wildman–Crippen LogP) is 18.0. The Morgan fingerprint density at radius 1 is 0.339 bits per heavy atom. The lowest BCUT2D eigenvalue weighted by atomic mass is 10.0. The van der Waals surface area contributed by atoms with Crippen LogP contribution < -0.4 is 0 Å². The maximum absolute atomic E-state index is 13.1. The van der Waals surface area contributed by atoms with Crippen LogP contribution in [0.2, 0.25) is 0 Å². The van der Waals surface area contributed by atoms with E-state index in [0.717, 1.165) is 57.8 Å². The van der Waals surface area contributed by atoms with Crippen molar-refractivity contribution < 1.29 is 28.6 Å².